The lowest BCUT2D eigenvalue weighted by Gasteiger charge is -2.07. The fourth-order valence-electron chi connectivity index (χ4n) is 3.35. The largest absolute Gasteiger partial charge is 0.497 e. The molecule has 2 aromatic carbocycles. The molecule has 36 heavy (non-hydrogen) atoms. The summed E-state index contributed by atoms with van der Waals surface area (Å²) in [6.45, 7) is 2.20. The Morgan fingerprint density at radius 3 is 2.47 bits per heavy atom. The number of aromatic nitrogens is 4. The number of sulfonamides is 1. The van der Waals surface area contributed by atoms with Gasteiger partial charge in [-0.2, -0.15) is 9.61 Å². The first kappa shape index (κ1) is 25.6. The highest BCUT2D eigenvalue weighted by Crippen LogP contribution is 2.18. The molecule has 0 aliphatic rings. The molecule has 0 aliphatic heterocycles. The number of hydrogen-bond donors (Lipinski definition) is 2. The summed E-state index contributed by atoms with van der Waals surface area (Å²) >= 11 is 1.29. The van der Waals surface area contributed by atoms with Gasteiger partial charge in [-0.15, -0.1) is 10.2 Å². The predicted molar refractivity (Wildman–Crippen MR) is 138 cm³/mol. The molecule has 1 amide bonds. The topological polar surface area (TPSA) is 128 Å². The van der Waals surface area contributed by atoms with Crippen molar-refractivity contribution in [2.75, 3.05) is 24.7 Å². The first-order valence-corrected chi connectivity index (χ1v) is 13.7. The molecule has 0 saturated heterocycles. The summed E-state index contributed by atoms with van der Waals surface area (Å²) in [6.07, 6.45) is 1.23. The second-order valence-corrected chi connectivity index (χ2v) is 10.5. The number of thioether (sulfide) groups is 1. The monoisotopic (exact) mass is 526 g/mol. The first-order valence-electron chi connectivity index (χ1n) is 11.2. The van der Waals surface area contributed by atoms with Gasteiger partial charge in [0.05, 0.1) is 17.8 Å². The van der Waals surface area contributed by atoms with Crippen LogP contribution in [0.15, 0.2) is 70.6 Å². The number of aryl methyl sites for hydroxylation is 1. The number of amides is 1. The van der Waals surface area contributed by atoms with E-state index in [1.807, 2.05) is 24.3 Å². The molecule has 2 aromatic heterocycles. The zero-order valence-corrected chi connectivity index (χ0v) is 21.5. The Balaban J connectivity index is 1.34. The molecule has 0 unspecified atom stereocenters. The summed E-state index contributed by atoms with van der Waals surface area (Å²) in [5, 5.41) is 16.2. The van der Waals surface area contributed by atoms with E-state index in [4.69, 9.17) is 4.74 Å². The van der Waals surface area contributed by atoms with Gasteiger partial charge in [0.1, 0.15) is 10.8 Å². The van der Waals surface area contributed by atoms with Gasteiger partial charge in [-0.25, -0.2) is 13.1 Å². The molecule has 10 nitrogen and oxygen atoms in total. The zero-order valence-electron chi connectivity index (χ0n) is 19.8. The molecular weight excluding hydrogens is 500 g/mol. The summed E-state index contributed by atoms with van der Waals surface area (Å²) in [5.41, 5.74) is 2.49. The molecule has 0 spiro atoms. The van der Waals surface area contributed by atoms with Crippen molar-refractivity contribution in [2.24, 2.45) is 0 Å². The second-order valence-electron chi connectivity index (χ2n) is 7.77. The average Bonchev–Trinajstić information content (AvgIpc) is 3.30. The third kappa shape index (κ3) is 6.39. The molecule has 0 bridgehead atoms. The summed E-state index contributed by atoms with van der Waals surface area (Å²) in [5.74, 6) is 1.13. The fourth-order valence-corrected chi connectivity index (χ4v) is 5.03. The fraction of sp³-hybridized carbons (Fsp3) is 0.250. The van der Waals surface area contributed by atoms with E-state index >= 15 is 0 Å². The lowest BCUT2D eigenvalue weighted by molar-refractivity contribution is -0.113. The molecule has 0 saturated carbocycles. The maximum absolute atomic E-state index is 12.5. The summed E-state index contributed by atoms with van der Waals surface area (Å²) < 4.78 is 34.3. The minimum Gasteiger partial charge on any atom is -0.497 e. The number of nitrogens with one attached hydrogen (secondary N) is 2. The number of carbonyl (C=O) groups is 1. The molecule has 0 atom stereocenters. The molecule has 2 heterocycles. The Morgan fingerprint density at radius 2 is 1.78 bits per heavy atom. The molecule has 4 aromatic rings. The normalized spacial score (nSPS) is 11.5. The van der Waals surface area contributed by atoms with Crippen LogP contribution in [0.4, 0.5) is 5.69 Å². The standard InChI is InChI=1S/C24H26N6O4S2/c1-3-17-4-6-18(7-5-17)26-23(31)16-35-24-13-12-21-27-28-22(30(21)29-24)14-15-25-36(32,33)20-10-8-19(34-2)9-11-20/h4-13,25H,3,14-16H2,1-2H3,(H,26,31). The molecule has 0 aliphatic carbocycles. The van der Waals surface area contributed by atoms with Gasteiger partial charge in [0, 0.05) is 18.7 Å². The molecule has 188 valence electrons. The minimum atomic E-state index is -3.68. The van der Waals surface area contributed by atoms with E-state index in [2.05, 4.69) is 32.3 Å². The smallest absolute Gasteiger partial charge is 0.240 e. The number of hydrogen-bond acceptors (Lipinski definition) is 8. The first-order chi connectivity index (χ1) is 17.4. The number of benzene rings is 2. The van der Waals surface area contributed by atoms with Gasteiger partial charge in [0.25, 0.3) is 0 Å². The second kappa shape index (κ2) is 11.5. The van der Waals surface area contributed by atoms with Crippen molar-refractivity contribution < 1.29 is 17.9 Å². The van der Waals surface area contributed by atoms with Crippen molar-refractivity contribution in [3.05, 3.63) is 72.1 Å². The van der Waals surface area contributed by atoms with E-state index in [0.29, 0.717) is 22.2 Å². The van der Waals surface area contributed by atoms with Gasteiger partial charge in [-0.05, 0) is 60.5 Å². The number of nitrogens with zero attached hydrogens (tertiary/aromatic N) is 4. The van der Waals surface area contributed by atoms with E-state index in [1.54, 1.807) is 28.8 Å². The number of ether oxygens (including phenoxy) is 1. The molecule has 4 rings (SSSR count). The van der Waals surface area contributed by atoms with Crippen LogP contribution in [0.25, 0.3) is 5.65 Å². The Labute approximate surface area is 213 Å². The van der Waals surface area contributed by atoms with Gasteiger partial charge in [0.15, 0.2) is 11.5 Å². The number of fused-ring (bicyclic) bond motifs is 1. The van der Waals surface area contributed by atoms with Crippen molar-refractivity contribution in [1.29, 1.82) is 0 Å². The van der Waals surface area contributed by atoms with Gasteiger partial charge in [-0.1, -0.05) is 30.8 Å². The third-order valence-corrected chi connectivity index (χ3v) is 7.71. The highest BCUT2D eigenvalue weighted by molar-refractivity contribution is 7.99. The quantitative estimate of drug-likeness (QED) is 0.286. The number of rotatable bonds is 11. The van der Waals surface area contributed by atoms with Crippen LogP contribution < -0.4 is 14.8 Å². The van der Waals surface area contributed by atoms with Crippen molar-refractivity contribution >= 4 is 39.0 Å². The van der Waals surface area contributed by atoms with Crippen LogP contribution in [0, 0.1) is 0 Å². The SMILES string of the molecule is CCc1ccc(NC(=O)CSc2ccc3nnc(CCNS(=O)(=O)c4ccc(OC)cc4)n3n2)cc1. The highest BCUT2D eigenvalue weighted by Gasteiger charge is 2.15. The molecule has 12 heteroatoms. The van der Waals surface area contributed by atoms with Crippen LogP contribution in [-0.4, -0.2) is 53.5 Å². The number of carbonyl (C=O) groups excluding carboxylic acids is 1. The van der Waals surface area contributed by atoms with Crippen molar-refractivity contribution in [3.8, 4) is 5.75 Å². The van der Waals surface area contributed by atoms with Crippen LogP contribution >= 0.6 is 11.8 Å². The lowest BCUT2D eigenvalue weighted by Crippen LogP contribution is -2.26. The Hall–Kier alpha value is -3.48. The lowest BCUT2D eigenvalue weighted by atomic mass is 10.1. The Kier molecular flexibility index (Phi) is 8.18. The molecular formula is C24H26N6O4S2. The molecule has 0 radical (unpaired) electrons. The van der Waals surface area contributed by atoms with Gasteiger partial charge >= 0.3 is 0 Å². The average molecular weight is 527 g/mol. The summed E-state index contributed by atoms with van der Waals surface area (Å²) in [7, 11) is -2.16. The highest BCUT2D eigenvalue weighted by atomic mass is 32.2. The van der Waals surface area contributed by atoms with Crippen LogP contribution in [0.2, 0.25) is 0 Å². The summed E-state index contributed by atoms with van der Waals surface area (Å²) in [4.78, 5) is 12.5. The molecule has 0 fully saturated rings. The van der Waals surface area contributed by atoms with E-state index < -0.39 is 10.0 Å². The third-order valence-electron chi connectivity index (χ3n) is 5.31. The van der Waals surface area contributed by atoms with E-state index in [9.17, 15) is 13.2 Å². The Bertz CT molecular complexity index is 1440. The van der Waals surface area contributed by atoms with Crippen molar-refractivity contribution in [2.45, 2.75) is 29.7 Å². The maximum atomic E-state index is 12.5. The van der Waals surface area contributed by atoms with Crippen molar-refractivity contribution in [1.82, 2.24) is 24.5 Å². The summed E-state index contributed by atoms with van der Waals surface area (Å²) in [6, 6.07) is 17.4. The van der Waals surface area contributed by atoms with Gasteiger partial charge in [-0.3, -0.25) is 4.79 Å². The number of anilines is 1. The van der Waals surface area contributed by atoms with Gasteiger partial charge in [0.2, 0.25) is 15.9 Å². The van der Waals surface area contributed by atoms with Gasteiger partial charge < -0.3 is 10.1 Å². The zero-order chi connectivity index (χ0) is 25.5. The van der Waals surface area contributed by atoms with Crippen molar-refractivity contribution in [3.63, 3.8) is 0 Å². The van der Waals surface area contributed by atoms with Crippen LogP contribution in [-0.2, 0) is 27.7 Å². The molecule has 2 N–H and O–H groups in total. The van der Waals surface area contributed by atoms with Crippen LogP contribution in [0.3, 0.4) is 0 Å². The van der Waals surface area contributed by atoms with Crippen LogP contribution in [0.1, 0.15) is 18.3 Å². The van der Waals surface area contributed by atoms with E-state index in [1.165, 1.54) is 36.6 Å². The van der Waals surface area contributed by atoms with Crippen LogP contribution in [0.5, 0.6) is 5.75 Å². The number of methoxy groups -OCH3 is 1. The Morgan fingerprint density at radius 1 is 1.03 bits per heavy atom. The maximum Gasteiger partial charge on any atom is 0.240 e. The predicted octanol–water partition coefficient (Wildman–Crippen LogP) is 2.95. The van der Waals surface area contributed by atoms with E-state index in [-0.39, 0.29) is 29.5 Å². The minimum absolute atomic E-state index is 0.118. The van der Waals surface area contributed by atoms with E-state index in [0.717, 1.165) is 12.1 Å².